The van der Waals surface area contributed by atoms with Crippen LogP contribution in [0.2, 0.25) is 0 Å². The maximum Gasteiger partial charge on any atom is 0.125 e. The van der Waals surface area contributed by atoms with E-state index in [-0.39, 0.29) is 0 Å². The van der Waals surface area contributed by atoms with Gasteiger partial charge in [0.15, 0.2) is 0 Å². The lowest BCUT2D eigenvalue weighted by atomic mass is 10.2. The normalized spacial score (nSPS) is 20.6. The zero-order chi connectivity index (χ0) is 13.2. The van der Waals surface area contributed by atoms with Crippen LogP contribution in [-0.4, -0.2) is 46.5 Å². The molecule has 3 heterocycles. The first-order chi connectivity index (χ1) is 9.25. The summed E-state index contributed by atoms with van der Waals surface area (Å²) in [5.41, 5.74) is 3.16. The van der Waals surface area contributed by atoms with Gasteiger partial charge in [0.25, 0.3) is 0 Å². The van der Waals surface area contributed by atoms with Crippen molar-refractivity contribution in [3.63, 3.8) is 0 Å². The Kier molecular flexibility index (Phi) is 3.31. The van der Waals surface area contributed by atoms with Gasteiger partial charge in [-0.1, -0.05) is 0 Å². The second-order valence-corrected chi connectivity index (χ2v) is 5.04. The highest BCUT2D eigenvalue weighted by atomic mass is 15.2. The van der Waals surface area contributed by atoms with Gasteiger partial charge in [-0.3, -0.25) is 9.88 Å². The number of H-pyrrole nitrogens is 1. The molecule has 1 atom stereocenters. The molecule has 0 radical (unpaired) electrons. The van der Waals surface area contributed by atoms with Crippen LogP contribution in [0, 0.1) is 6.92 Å². The minimum atomic E-state index is 0.317. The molecule has 0 spiro atoms. The number of nitrogens with zero attached hydrogens (tertiary/aromatic N) is 3. The van der Waals surface area contributed by atoms with E-state index >= 15 is 0 Å². The SMILES string of the molecule is Cc1[nH]c(C2CNCCN2C)nc1-c1cccnc1. The van der Waals surface area contributed by atoms with Gasteiger partial charge in [0, 0.05) is 43.3 Å². The summed E-state index contributed by atoms with van der Waals surface area (Å²) >= 11 is 0. The van der Waals surface area contributed by atoms with Gasteiger partial charge in [0.05, 0.1) is 11.7 Å². The van der Waals surface area contributed by atoms with Gasteiger partial charge >= 0.3 is 0 Å². The number of pyridine rings is 1. The topological polar surface area (TPSA) is 56.8 Å². The van der Waals surface area contributed by atoms with Gasteiger partial charge in [-0.2, -0.15) is 0 Å². The predicted octanol–water partition coefficient (Wildman–Crippen LogP) is 1.36. The molecule has 1 saturated heterocycles. The quantitative estimate of drug-likeness (QED) is 0.853. The summed E-state index contributed by atoms with van der Waals surface area (Å²) in [6, 6.07) is 4.30. The molecule has 0 amide bonds. The van der Waals surface area contributed by atoms with Crippen molar-refractivity contribution >= 4 is 0 Å². The van der Waals surface area contributed by atoms with Crippen LogP contribution < -0.4 is 5.32 Å². The van der Waals surface area contributed by atoms with Crippen molar-refractivity contribution in [2.75, 3.05) is 26.7 Å². The van der Waals surface area contributed by atoms with Crippen molar-refractivity contribution in [2.45, 2.75) is 13.0 Å². The smallest absolute Gasteiger partial charge is 0.125 e. The van der Waals surface area contributed by atoms with Crippen LogP contribution in [0.5, 0.6) is 0 Å². The molecule has 1 aliphatic heterocycles. The highest BCUT2D eigenvalue weighted by Crippen LogP contribution is 2.25. The molecule has 3 rings (SSSR count). The largest absolute Gasteiger partial charge is 0.344 e. The third-order valence-corrected chi connectivity index (χ3v) is 3.66. The zero-order valence-electron chi connectivity index (χ0n) is 11.3. The number of hydrogen-bond acceptors (Lipinski definition) is 4. The van der Waals surface area contributed by atoms with E-state index in [9.17, 15) is 0 Å². The lowest BCUT2D eigenvalue weighted by molar-refractivity contribution is 0.195. The number of aryl methyl sites for hydroxylation is 1. The third-order valence-electron chi connectivity index (χ3n) is 3.66. The fourth-order valence-corrected chi connectivity index (χ4v) is 2.54. The average molecular weight is 257 g/mol. The van der Waals surface area contributed by atoms with Crippen molar-refractivity contribution in [3.05, 3.63) is 36.0 Å². The maximum absolute atomic E-state index is 4.78. The lowest BCUT2D eigenvalue weighted by Crippen LogP contribution is -2.44. The van der Waals surface area contributed by atoms with Crippen LogP contribution in [0.3, 0.4) is 0 Å². The van der Waals surface area contributed by atoms with Gasteiger partial charge in [-0.05, 0) is 26.1 Å². The number of nitrogens with one attached hydrogen (secondary N) is 2. The molecule has 2 aromatic rings. The van der Waals surface area contributed by atoms with E-state index in [1.165, 1.54) is 0 Å². The van der Waals surface area contributed by atoms with Crippen molar-refractivity contribution in [2.24, 2.45) is 0 Å². The monoisotopic (exact) mass is 257 g/mol. The first-order valence-corrected chi connectivity index (χ1v) is 6.63. The standard InChI is InChI=1S/C14H19N5/c1-10-13(11-4-3-5-15-8-11)18-14(17-10)12-9-16-6-7-19(12)2/h3-5,8,12,16H,6-7,9H2,1-2H3,(H,17,18). The first kappa shape index (κ1) is 12.3. The molecule has 100 valence electrons. The Hall–Kier alpha value is -1.72. The minimum Gasteiger partial charge on any atom is -0.344 e. The van der Waals surface area contributed by atoms with E-state index in [2.05, 4.69) is 34.2 Å². The summed E-state index contributed by atoms with van der Waals surface area (Å²) in [6.45, 7) is 5.10. The summed E-state index contributed by atoms with van der Waals surface area (Å²) < 4.78 is 0. The van der Waals surface area contributed by atoms with Crippen molar-refractivity contribution in [1.82, 2.24) is 25.2 Å². The Morgan fingerprint density at radius 1 is 1.42 bits per heavy atom. The highest BCUT2D eigenvalue weighted by molar-refractivity contribution is 5.60. The fraction of sp³-hybridized carbons (Fsp3) is 0.429. The fourth-order valence-electron chi connectivity index (χ4n) is 2.54. The van der Waals surface area contributed by atoms with Crippen LogP contribution in [0.1, 0.15) is 17.6 Å². The molecule has 0 aromatic carbocycles. The van der Waals surface area contributed by atoms with Crippen molar-refractivity contribution in [1.29, 1.82) is 0 Å². The Morgan fingerprint density at radius 3 is 3.05 bits per heavy atom. The molecule has 0 saturated carbocycles. The van der Waals surface area contributed by atoms with Gasteiger partial charge in [0.2, 0.25) is 0 Å². The second-order valence-electron chi connectivity index (χ2n) is 5.04. The van der Waals surface area contributed by atoms with Gasteiger partial charge < -0.3 is 10.3 Å². The molecule has 0 bridgehead atoms. The summed E-state index contributed by atoms with van der Waals surface area (Å²) in [5, 5.41) is 3.42. The predicted molar refractivity (Wildman–Crippen MR) is 74.8 cm³/mol. The molecular formula is C14H19N5. The summed E-state index contributed by atoms with van der Waals surface area (Å²) in [4.78, 5) is 14.7. The Balaban J connectivity index is 1.93. The van der Waals surface area contributed by atoms with Crippen molar-refractivity contribution in [3.8, 4) is 11.3 Å². The zero-order valence-corrected chi connectivity index (χ0v) is 11.3. The molecule has 5 heteroatoms. The summed E-state index contributed by atoms with van der Waals surface area (Å²) in [7, 11) is 2.15. The van der Waals surface area contributed by atoms with E-state index in [0.717, 1.165) is 42.4 Å². The number of hydrogen-bond donors (Lipinski definition) is 2. The van der Waals surface area contributed by atoms with E-state index in [4.69, 9.17) is 4.98 Å². The average Bonchev–Trinajstić information content (AvgIpc) is 2.82. The number of aromatic amines is 1. The maximum atomic E-state index is 4.78. The van der Waals surface area contributed by atoms with Crippen LogP contribution in [0.4, 0.5) is 0 Å². The lowest BCUT2D eigenvalue weighted by Gasteiger charge is -2.31. The number of aromatic nitrogens is 3. The molecule has 5 nitrogen and oxygen atoms in total. The van der Waals surface area contributed by atoms with E-state index in [1.807, 2.05) is 18.3 Å². The molecule has 0 aliphatic carbocycles. The molecule has 1 unspecified atom stereocenters. The Morgan fingerprint density at radius 2 is 2.32 bits per heavy atom. The molecule has 19 heavy (non-hydrogen) atoms. The van der Waals surface area contributed by atoms with Gasteiger partial charge in [-0.15, -0.1) is 0 Å². The third kappa shape index (κ3) is 2.39. The first-order valence-electron chi connectivity index (χ1n) is 6.63. The molecule has 1 aliphatic rings. The number of rotatable bonds is 2. The number of likely N-dealkylation sites (N-methyl/N-ethyl adjacent to an activating group) is 1. The number of piperazine rings is 1. The summed E-state index contributed by atoms with van der Waals surface area (Å²) in [6.07, 6.45) is 3.64. The van der Waals surface area contributed by atoms with E-state index < -0.39 is 0 Å². The van der Waals surface area contributed by atoms with Gasteiger partial charge in [0.1, 0.15) is 5.82 Å². The number of imidazole rings is 1. The minimum absolute atomic E-state index is 0.317. The van der Waals surface area contributed by atoms with Crippen LogP contribution >= 0.6 is 0 Å². The molecular weight excluding hydrogens is 238 g/mol. The summed E-state index contributed by atoms with van der Waals surface area (Å²) in [5.74, 6) is 1.03. The van der Waals surface area contributed by atoms with E-state index in [0.29, 0.717) is 6.04 Å². The van der Waals surface area contributed by atoms with Crippen LogP contribution in [-0.2, 0) is 0 Å². The van der Waals surface area contributed by atoms with Crippen LogP contribution in [0.15, 0.2) is 24.5 Å². The highest BCUT2D eigenvalue weighted by Gasteiger charge is 2.24. The second kappa shape index (κ2) is 5.11. The molecule has 2 N–H and O–H groups in total. The Labute approximate surface area is 113 Å². The van der Waals surface area contributed by atoms with Gasteiger partial charge in [-0.25, -0.2) is 4.98 Å². The molecule has 2 aromatic heterocycles. The van der Waals surface area contributed by atoms with Crippen LogP contribution in [0.25, 0.3) is 11.3 Å². The Bertz CT molecular complexity index is 548. The van der Waals surface area contributed by atoms with E-state index in [1.54, 1.807) is 6.20 Å². The molecule has 1 fully saturated rings. The van der Waals surface area contributed by atoms with Crippen molar-refractivity contribution < 1.29 is 0 Å².